The van der Waals surface area contributed by atoms with Crippen LogP contribution < -0.4 is 20.7 Å². The maximum Gasteiger partial charge on any atom is 0.335 e. The van der Waals surface area contributed by atoms with E-state index in [4.69, 9.17) is 32.7 Å². The number of carbonyl (C=O) groups excluding carboxylic acids is 1. The second kappa shape index (κ2) is 30.9. The largest absolute Gasteiger partial charge is 0.497 e. The summed E-state index contributed by atoms with van der Waals surface area (Å²) in [5.74, 6) is 3.16. The van der Waals surface area contributed by atoms with E-state index in [1.54, 1.807) is 21.1 Å². The van der Waals surface area contributed by atoms with Gasteiger partial charge in [0.1, 0.15) is 29.4 Å². The van der Waals surface area contributed by atoms with Crippen molar-refractivity contribution < 1.29 is 37.5 Å². The molecule has 14 nitrogen and oxygen atoms in total. The average Bonchev–Trinajstić information content (AvgIpc) is 3.79. The molecule has 0 aliphatic carbocycles. The minimum Gasteiger partial charge on any atom is -0.497 e. The average molecular weight is 1070 g/mol. The number of hydrogen-bond acceptors (Lipinski definition) is 12. The molecule has 418 valence electrons. The molecule has 1 aliphatic rings. The first-order valence-corrected chi connectivity index (χ1v) is 28.9. The van der Waals surface area contributed by atoms with E-state index in [0.717, 1.165) is 52.4 Å². The lowest BCUT2D eigenvalue weighted by atomic mass is 9.80. The Morgan fingerprint density at radius 1 is 0.763 bits per heavy atom. The van der Waals surface area contributed by atoms with Crippen LogP contribution in [0.2, 0.25) is 0 Å². The molecule has 7 atom stereocenters. The predicted octanol–water partition coefficient (Wildman–Crippen LogP) is 13.3. The van der Waals surface area contributed by atoms with Gasteiger partial charge in [0, 0.05) is 36.7 Å². The molecular weight excluding hydrogens is 980 g/mol. The number of aromatic nitrogens is 2. The van der Waals surface area contributed by atoms with Crippen LogP contribution in [0.4, 0.5) is 0 Å². The van der Waals surface area contributed by atoms with Crippen molar-refractivity contribution in [1.82, 2.24) is 13.8 Å². The number of methoxy groups -OCH3 is 2. The SMILES string of the molecule is COc1ccc(C(OC[C@H]2O[C@@H](n3cc(C)c(=O)n(COC(=O)CC(C)CCCC(C)CCCC(C)CCCC(C)C)c3=O)C[C@@H]2OP(OCCC#N)N(C(C)C)C(C)C)(c2ccccc2)c2ccc(OC)cc2)cc1. The van der Waals surface area contributed by atoms with Crippen molar-refractivity contribution in [1.29, 1.82) is 5.26 Å². The maximum absolute atomic E-state index is 14.5. The number of hydrogen-bond donors (Lipinski definition) is 0. The summed E-state index contributed by atoms with van der Waals surface area (Å²) in [6, 6.07) is 27.6. The van der Waals surface area contributed by atoms with Crippen LogP contribution in [0.3, 0.4) is 0 Å². The van der Waals surface area contributed by atoms with E-state index in [1.165, 1.54) is 49.3 Å². The molecule has 76 heavy (non-hydrogen) atoms. The highest BCUT2D eigenvalue weighted by atomic mass is 31.2. The van der Waals surface area contributed by atoms with E-state index >= 15 is 0 Å². The number of nitriles is 1. The van der Waals surface area contributed by atoms with Crippen molar-refractivity contribution >= 4 is 14.5 Å². The minimum absolute atomic E-state index is 0.0121. The van der Waals surface area contributed by atoms with Gasteiger partial charge in [-0.15, -0.1) is 0 Å². The fourth-order valence-electron chi connectivity index (χ4n) is 10.3. The van der Waals surface area contributed by atoms with Gasteiger partial charge >= 0.3 is 11.7 Å². The van der Waals surface area contributed by atoms with E-state index in [1.807, 2.05) is 85.8 Å². The van der Waals surface area contributed by atoms with E-state index in [2.05, 4.69) is 66.1 Å². The standard InChI is InChI=1S/C61H89N4O10P/c1-43(2)20-16-21-46(7)22-17-23-47(8)24-18-25-48(9)38-58(66)71-42-64-59(67)49(10)40-63(60(64)68)57-39-55(75-76(73-37-19-36-62)65(44(3)4)45(5)6)56(74-57)41-72-61(50-26-14-13-15-27-50,51-28-32-53(69-11)33-29-51)52-30-34-54(70-12)35-31-52/h13-15,26-35,40,43-48,55-57H,16-25,37-39,41-42H2,1-12H3/t46?,47?,48?,55-,56+,57+,76?/m0/s1. The van der Waals surface area contributed by atoms with Gasteiger partial charge in [0.25, 0.3) is 14.1 Å². The first-order valence-electron chi connectivity index (χ1n) is 27.8. The molecular formula is C61H89N4O10P. The first-order chi connectivity index (χ1) is 36.4. The number of aryl methyl sites for hydroxylation is 1. The number of benzene rings is 3. The fourth-order valence-corrected chi connectivity index (χ4v) is 12.0. The van der Waals surface area contributed by atoms with E-state index < -0.39 is 56.5 Å². The molecule has 3 aromatic carbocycles. The van der Waals surface area contributed by atoms with Crippen LogP contribution in [-0.4, -0.2) is 71.5 Å². The Kier molecular flexibility index (Phi) is 25.2. The Bertz CT molecular complexity index is 2450. The molecule has 5 rings (SSSR count). The van der Waals surface area contributed by atoms with Gasteiger partial charge in [-0.3, -0.25) is 14.2 Å². The highest BCUT2D eigenvalue weighted by Gasteiger charge is 2.45. The van der Waals surface area contributed by atoms with Crippen LogP contribution >= 0.6 is 8.53 Å². The molecule has 0 bridgehead atoms. The molecule has 1 fully saturated rings. The number of nitrogens with zero attached hydrogens (tertiary/aromatic N) is 4. The zero-order valence-corrected chi connectivity index (χ0v) is 48.6. The summed E-state index contributed by atoms with van der Waals surface area (Å²) in [5.41, 5.74) is 0.316. The van der Waals surface area contributed by atoms with Gasteiger partial charge in [-0.1, -0.05) is 147 Å². The monoisotopic (exact) mass is 1070 g/mol. The summed E-state index contributed by atoms with van der Waals surface area (Å²) in [7, 11) is 1.48. The minimum atomic E-state index is -1.77. The van der Waals surface area contributed by atoms with Crippen LogP contribution in [0.25, 0.3) is 0 Å². The Morgan fingerprint density at radius 3 is 1.80 bits per heavy atom. The Hall–Kier alpha value is -4.87. The topological polar surface area (TPSA) is 153 Å². The normalized spacial score (nSPS) is 17.5. The zero-order valence-electron chi connectivity index (χ0n) is 47.7. The van der Waals surface area contributed by atoms with Gasteiger partial charge in [-0.2, -0.15) is 5.26 Å². The summed E-state index contributed by atoms with van der Waals surface area (Å²) in [6.07, 6.45) is 10.3. The molecule has 0 spiro atoms. The molecule has 1 saturated heterocycles. The second-order valence-corrected chi connectivity index (χ2v) is 23.4. The van der Waals surface area contributed by atoms with Crippen LogP contribution in [0.15, 0.2) is 94.6 Å². The third-order valence-corrected chi connectivity index (χ3v) is 16.7. The highest BCUT2D eigenvalue weighted by molar-refractivity contribution is 7.44. The van der Waals surface area contributed by atoms with Crippen molar-refractivity contribution in [3.63, 3.8) is 0 Å². The molecule has 0 N–H and O–H groups in total. The number of esters is 1. The Labute approximate surface area is 455 Å². The van der Waals surface area contributed by atoms with E-state index in [0.29, 0.717) is 17.4 Å². The predicted molar refractivity (Wildman–Crippen MR) is 301 cm³/mol. The van der Waals surface area contributed by atoms with Crippen LogP contribution in [0.5, 0.6) is 11.5 Å². The lowest BCUT2D eigenvalue weighted by Crippen LogP contribution is -2.43. The first kappa shape index (κ1) is 62.0. The zero-order chi connectivity index (χ0) is 55.4. The third-order valence-electron chi connectivity index (χ3n) is 14.5. The smallest absolute Gasteiger partial charge is 0.335 e. The fraction of sp³-hybridized carbons (Fsp3) is 0.607. The summed E-state index contributed by atoms with van der Waals surface area (Å²) in [4.78, 5) is 41.5. The Morgan fingerprint density at radius 2 is 1.29 bits per heavy atom. The molecule has 2 heterocycles. The number of ether oxygens (including phenoxy) is 5. The molecule has 1 aromatic heterocycles. The van der Waals surface area contributed by atoms with Crippen molar-refractivity contribution in [2.24, 2.45) is 23.7 Å². The number of carbonyl (C=O) groups is 1. The third kappa shape index (κ3) is 17.6. The van der Waals surface area contributed by atoms with Gasteiger partial charge in [0.2, 0.25) is 0 Å². The van der Waals surface area contributed by atoms with E-state index in [-0.39, 0.29) is 56.0 Å². The van der Waals surface area contributed by atoms with Crippen LogP contribution in [0.1, 0.15) is 168 Å². The molecule has 0 amide bonds. The summed E-state index contributed by atoms with van der Waals surface area (Å²) >= 11 is 0. The highest BCUT2D eigenvalue weighted by Crippen LogP contribution is 2.51. The Balaban J connectivity index is 1.39. The molecule has 0 radical (unpaired) electrons. The van der Waals surface area contributed by atoms with E-state index in [9.17, 15) is 19.6 Å². The quantitative estimate of drug-likeness (QED) is 0.0193. The van der Waals surface area contributed by atoms with Gasteiger partial charge < -0.3 is 32.7 Å². The van der Waals surface area contributed by atoms with Crippen molar-refractivity contribution in [2.45, 2.75) is 189 Å². The second-order valence-electron chi connectivity index (χ2n) is 22.0. The van der Waals surface area contributed by atoms with Crippen molar-refractivity contribution in [2.75, 3.05) is 27.4 Å². The van der Waals surface area contributed by atoms with Crippen LogP contribution in [0, 0.1) is 41.9 Å². The van der Waals surface area contributed by atoms with Crippen LogP contribution in [-0.2, 0) is 40.4 Å². The lowest BCUT2D eigenvalue weighted by Gasteiger charge is -2.39. The molecule has 0 saturated carbocycles. The van der Waals surface area contributed by atoms with Gasteiger partial charge in [0.15, 0.2) is 6.73 Å². The summed E-state index contributed by atoms with van der Waals surface area (Å²) in [5, 5.41) is 9.50. The van der Waals surface area contributed by atoms with Gasteiger partial charge in [-0.25, -0.2) is 14.0 Å². The lowest BCUT2D eigenvalue weighted by molar-refractivity contribution is -0.148. The molecule has 15 heteroatoms. The summed E-state index contributed by atoms with van der Waals surface area (Å²) in [6.45, 7) is 20.8. The van der Waals surface area contributed by atoms with Crippen molar-refractivity contribution in [3.8, 4) is 17.6 Å². The molecule has 1 aliphatic heterocycles. The van der Waals surface area contributed by atoms with Gasteiger partial charge in [0.05, 0.1) is 46.0 Å². The number of rotatable bonds is 33. The molecule has 4 aromatic rings. The van der Waals surface area contributed by atoms with Gasteiger partial charge in [-0.05, 0) is 99.2 Å². The molecule has 4 unspecified atom stereocenters. The van der Waals surface area contributed by atoms with Crippen molar-refractivity contribution in [3.05, 3.63) is 128 Å². The maximum atomic E-state index is 14.5. The summed E-state index contributed by atoms with van der Waals surface area (Å²) < 4.78 is 49.1.